The molecular weight excluding hydrogens is 396 g/mol. The van der Waals surface area contributed by atoms with Gasteiger partial charge >= 0.3 is 0 Å². The Labute approximate surface area is 180 Å². The molecule has 0 aliphatic heterocycles. The summed E-state index contributed by atoms with van der Waals surface area (Å²) in [4.78, 5) is 0.372. The third-order valence-electron chi connectivity index (χ3n) is 6.03. The molecule has 1 aromatic carbocycles. The van der Waals surface area contributed by atoms with E-state index in [4.69, 9.17) is 0 Å². The van der Waals surface area contributed by atoms with E-state index in [9.17, 15) is 8.42 Å². The van der Waals surface area contributed by atoms with Crippen molar-refractivity contribution in [1.82, 2.24) is 14.9 Å². The zero-order chi connectivity index (χ0) is 21.9. The van der Waals surface area contributed by atoms with Crippen molar-refractivity contribution in [3.05, 3.63) is 57.3 Å². The van der Waals surface area contributed by atoms with Gasteiger partial charge in [-0.1, -0.05) is 44.4 Å². The Bertz CT molecular complexity index is 1020. The van der Waals surface area contributed by atoms with E-state index >= 15 is 0 Å². The molecule has 6 nitrogen and oxygen atoms in total. The predicted octanol–water partition coefficient (Wildman–Crippen LogP) is 5.03. The van der Waals surface area contributed by atoms with Gasteiger partial charge in [-0.25, -0.2) is 13.1 Å². The van der Waals surface area contributed by atoms with Gasteiger partial charge in [-0.05, 0) is 57.2 Å². The number of aromatic amines is 1. The fraction of sp³-hybridized carbons (Fsp3) is 0.522. The van der Waals surface area contributed by atoms with Crippen molar-refractivity contribution in [2.75, 3.05) is 5.32 Å². The topological polar surface area (TPSA) is 86.9 Å². The first-order valence-corrected chi connectivity index (χ1v) is 12.2. The molecule has 164 valence electrons. The van der Waals surface area contributed by atoms with Gasteiger partial charge in [0.2, 0.25) is 10.0 Å². The molecule has 1 unspecified atom stereocenters. The van der Waals surface area contributed by atoms with Gasteiger partial charge in [0.1, 0.15) is 0 Å². The number of nitrogens with one attached hydrogen (secondary N) is 3. The molecule has 1 aliphatic carbocycles. The number of rotatable bonds is 7. The van der Waals surface area contributed by atoms with Crippen molar-refractivity contribution in [2.45, 2.75) is 78.7 Å². The molecule has 0 saturated heterocycles. The quantitative estimate of drug-likeness (QED) is 0.575. The van der Waals surface area contributed by atoms with Crippen LogP contribution in [0.5, 0.6) is 0 Å². The summed E-state index contributed by atoms with van der Waals surface area (Å²) in [6.07, 6.45) is 5.12. The van der Waals surface area contributed by atoms with Crippen LogP contribution in [0.25, 0.3) is 0 Å². The van der Waals surface area contributed by atoms with Crippen LogP contribution in [0.2, 0.25) is 0 Å². The predicted molar refractivity (Wildman–Crippen MR) is 123 cm³/mol. The number of anilines is 1. The van der Waals surface area contributed by atoms with Gasteiger partial charge in [0, 0.05) is 29.4 Å². The summed E-state index contributed by atoms with van der Waals surface area (Å²) in [5.74, 6) is 0.320. The second-order valence-electron chi connectivity index (χ2n) is 8.57. The van der Waals surface area contributed by atoms with E-state index in [-0.39, 0.29) is 12.0 Å². The number of sulfonamides is 1. The second-order valence-corrected chi connectivity index (χ2v) is 10.3. The molecule has 0 amide bonds. The van der Waals surface area contributed by atoms with Crippen LogP contribution in [0.15, 0.2) is 34.9 Å². The van der Waals surface area contributed by atoms with Crippen LogP contribution in [0.1, 0.15) is 74.3 Å². The molecule has 1 saturated carbocycles. The number of benzene rings is 1. The molecule has 0 radical (unpaired) electrons. The molecule has 1 aromatic heterocycles. The lowest BCUT2D eigenvalue weighted by Crippen LogP contribution is -2.38. The van der Waals surface area contributed by atoms with Gasteiger partial charge in [0.25, 0.3) is 0 Å². The molecule has 0 spiro atoms. The van der Waals surface area contributed by atoms with E-state index in [0.717, 1.165) is 42.5 Å². The summed E-state index contributed by atoms with van der Waals surface area (Å²) in [5.41, 5.74) is 4.85. The molecule has 3 rings (SSSR count). The van der Waals surface area contributed by atoms with Gasteiger partial charge in [0.15, 0.2) is 5.82 Å². The van der Waals surface area contributed by atoms with Gasteiger partial charge in [-0.15, -0.1) is 0 Å². The normalized spacial score (nSPS) is 17.5. The third-order valence-corrected chi connectivity index (χ3v) is 7.91. The maximum absolute atomic E-state index is 13.6. The molecule has 0 bridgehead atoms. The Kier molecular flexibility index (Phi) is 7.03. The van der Waals surface area contributed by atoms with Crippen molar-refractivity contribution < 1.29 is 8.42 Å². The molecule has 2 aromatic rings. The third kappa shape index (κ3) is 5.32. The van der Waals surface area contributed by atoms with Gasteiger partial charge in [-0.2, -0.15) is 5.10 Å². The Hall–Kier alpha value is -2.12. The zero-order valence-corrected chi connectivity index (χ0v) is 19.5. The fourth-order valence-electron chi connectivity index (χ4n) is 4.18. The van der Waals surface area contributed by atoms with Crippen molar-refractivity contribution in [3.8, 4) is 0 Å². The van der Waals surface area contributed by atoms with Crippen molar-refractivity contribution in [2.24, 2.45) is 0 Å². The number of aromatic nitrogens is 2. The van der Waals surface area contributed by atoms with Crippen molar-refractivity contribution in [3.63, 3.8) is 0 Å². The number of allylic oxidation sites excluding steroid dienone is 2. The Morgan fingerprint density at radius 1 is 1.10 bits per heavy atom. The van der Waals surface area contributed by atoms with Crippen LogP contribution >= 0.6 is 0 Å². The molecule has 3 N–H and O–H groups in total. The monoisotopic (exact) mass is 430 g/mol. The van der Waals surface area contributed by atoms with E-state index in [2.05, 4.69) is 46.2 Å². The van der Waals surface area contributed by atoms with E-state index < -0.39 is 10.0 Å². The van der Waals surface area contributed by atoms with E-state index in [0.29, 0.717) is 16.4 Å². The Balaban J connectivity index is 2.00. The standard InChI is InChI=1S/C23H34N4O2S/c1-15-11-12-20(13-16(15)2)18(4)23(19(5)24-22-14-17(3)25-26-22)30(28,29)27-21-9-7-6-8-10-21/h11-14,18,21,27H,6-10H2,1-5H3,(H2,24,25,26)/b23-19+. The molecular formula is C23H34N4O2S. The highest BCUT2D eigenvalue weighted by atomic mass is 32.2. The van der Waals surface area contributed by atoms with Crippen LogP contribution in [-0.2, 0) is 10.0 Å². The molecule has 1 aliphatic rings. The molecule has 1 fully saturated rings. The summed E-state index contributed by atoms with van der Waals surface area (Å²) >= 11 is 0. The largest absolute Gasteiger partial charge is 0.342 e. The van der Waals surface area contributed by atoms with Gasteiger partial charge in [0.05, 0.1) is 4.91 Å². The minimum atomic E-state index is -3.68. The number of hydrogen-bond acceptors (Lipinski definition) is 4. The highest BCUT2D eigenvalue weighted by Gasteiger charge is 2.30. The first-order valence-electron chi connectivity index (χ1n) is 10.8. The SMILES string of the molecule is C/C(Nc1cc(C)[nH]n1)=C(/C(C)c1ccc(C)c(C)c1)S(=O)(=O)NC1CCCCC1. The Morgan fingerprint density at radius 2 is 1.80 bits per heavy atom. The van der Waals surface area contributed by atoms with Crippen LogP contribution in [0, 0.1) is 20.8 Å². The number of hydrogen-bond donors (Lipinski definition) is 3. The lowest BCUT2D eigenvalue weighted by Gasteiger charge is -2.26. The minimum absolute atomic E-state index is 0.00568. The summed E-state index contributed by atoms with van der Waals surface area (Å²) in [6.45, 7) is 9.81. The minimum Gasteiger partial charge on any atom is -0.342 e. The molecule has 1 atom stereocenters. The van der Waals surface area contributed by atoms with Crippen molar-refractivity contribution >= 4 is 15.8 Å². The second kappa shape index (κ2) is 9.35. The zero-order valence-electron chi connectivity index (χ0n) is 18.7. The van der Waals surface area contributed by atoms with E-state index in [1.54, 1.807) is 0 Å². The summed E-state index contributed by atoms with van der Waals surface area (Å²) < 4.78 is 30.1. The number of aryl methyl sites for hydroxylation is 3. The first kappa shape index (κ1) is 22.6. The van der Waals surface area contributed by atoms with Crippen LogP contribution in [-0.4, -0.2) is 24.7 Å². The van der Waals surface area contributed by atoms with Crippen LogP contribution in [0.3, 0.4) is 0 Å². The lowest BCUT2D eigenvalue weighted by atomic mass is 9.96. The fourth-order valence-corrected chi connectivity index (χ4v) is 6.04. The van der Waals surface area contributed by atoms with Gasteiger partial charge in [-0.3, -0.25) is 5.10 Å². The average Bonchev–Trinajstić information content (AvgIpc) is 3.08. The molecule has 7 heteroatoms. The van der Waals surface area contributed by atoms with E-state index in [1.807, 2.05) is 32.9 Å². The summed E-state index contributed by atoms with van der Waals surface area (Å²) in [6, 6.07) is 8.03. The highest BCUT2D eigenvalue weighted by Crippen LogP contribution is 2.32. The first-order chi connectivity index (χ1) is 14.2. The summed E-state index contributed by atoms with van der Waals surface area (Å²) in [7, 11) is -3.68. The molecule has 30 heavy (non-hydrogen) atoms. The Morgan fingerprint density at radius 3 is 2.40 bits per heavy atom. The maximum Gasteiger partial charge on any atom is 0.239 e. The molecule has 1 heterocycles. The van der Waals surface area contributed by atoms with Crippen molar-refractivity contribution in [1.29, 1.82) is 0 Å². The van der Waals surface area contributed by atoms with Crippen LogP contribution in [0.4, 0.5) is 5.82 Å². The number of nitrogens with zero attached hydrogens (tertiary/aromatic N) is 1. The highest BCUT2D eigenvalue weighted by molar-refractivity contribution is 7.93. The summed E-state index contributed by atoms with van der Waals surface area (Å²) in [5, 5.41) is 10.3. The van der Waals surface area contributed by atoms with Crippen LogP contribution < -0.4 is 10.0 Å². The maximum atomic E-state index is 13.6. The van der Waals surface area contributed by atoms with Gasteiger partial charge < -0.3 is 5.32 Å². The average molecular weight is 431 g/mol. The van der Waals surface area contributed by atoms with E-state index in [1.165, 1.54) is 12.0 Å². The smallest absolute Gasteiger partial charge is 0.239 e. The lowest BCUT2D eigenvalue weighted by molar-refractivity contribution is 0.412. The number of H-pyrrole nitrogens is 1.